The lowest BCUT2D eigenvalue weighted by atomic mass is 10.1. The topological polar surface area (TPSA) is 67.0 Å². The molecule has 1 aromatic carbocycles. The van der Waals surface area contributed by atoms with Gasteiger partial charge in [0.15, 0.2) is 11.1 Å². The van der Waals surface area contributed by atoms with Gasteiger partial charge in [-0.2, -0.15) is 0 Å². The number of piperazine rings is 1. The van der Waals surface area contributed by atoms with Crippen LogP contribution in [0.1, 0.15) is 11.1 Å². The van der Waals surface area contributed by atoms with Gasteiger partial charge in [0.1, 0.15) is 5.75 Å². The van der Waals surface area contributed by atoms with Gasteiger partial charge in [-0.25, -0.2) is 9.98 Å². The van der Waals surface area contributed by atoms with Crippen molar-refractivity contribution in [2.24, 2.45) is 10.7 Å². The molecule has 0 amide bonds. The van der Waals surface area contributed by atoms with Gasteiger partial charge in [0.25, 0.3) is 0 Å². The Labute approximate surface area is 169 Å². The summed E-state index contributed by atoms with van der Waals surface area (Å²) >= 11 is 1.68. The number of thiazole rings is 1. The second kappa shape index (κ2) is 9.23. The molecule has 0 spiro atoms. The Morgan fingerprint density at radius 2 is 2.08 bits per heavy atom. The fourth-order valence-electron chi connectivity index (χ4n) is 2.81. The van der Waals surface area contributed by atoms with Crippen LogP contribution in [0.15, 0.2) is 34.8 Å². The Kier molecular flexibility index (Phi) is 7.30. The number of aryl methyl sites for hydroxylation is 1. The van der Waals surface area contributed by atoms with Crippen LogP contribution in [0.5, 0.6) is 5.75 Å². The van der Waals surface area contributed by atoms with E-state index in [4.69, 9.17) is 10.5 Å². The van der Waals surface area contributed by atoms with E-state index in [1.807, 2.05) is 30.6 Å². The number of guanidine groups is 1. The quantitative estimate of drug-likeness (QED) is 0.420. The molecule has 1 aliphatic heterocycles. The summed E-state index contributed by atoms with van der Waals surface area (Å²) in [5.74, 6) is 1.51. The van der Waals surface area contributed by atoms with Gasteiger partial charge in [-0.3, -0.25) is 0 Å². The highest BCUT2D eigenvalue weighted by atomic mass is 127. The van der Waals surface area contributed by atoms with Gasteiger partial charge in [-0.05, 0) is 24.1 Å². The second-order valence-electron chi connectivity index (χ2n) is 5.77. The molecular weight excluding hydrogens is 449 g/mol. The maximum absolute atomic E-state index is 6.17. The molecule has 2 N–H and O–H groups in total. The van der Waals surface area contributed by atoms with Crippen LogP contribution < -0.4 is 15.4 Å². The predicted octanol–water partition coefficient (Wildman–Crippen LogP) is 2.72. The summed E-state index contributed by atoms with van der Waals surface area (Å²) in [5.41, 5.74) is 8.42. The maximum atomic E-state index is 6.17. The summed E-state index contributed by atoms with van der Waals surface area (Å²) < 4.78 is 5.28. The van der Waals surface area contributed by atoms with E-state index < -0.39 is 0 Å². The molecule has 1 aliphatic rings. The highest BCUT2D eigenvalue weighted by molar-refractivity contribution is 14.0. The van der Waals surface area contributed by atoms with Crippen molar-refractivity contribution >= 4 is 46.4 Å². The molecule has 25 heavy (non-hydrogen) atoms. The summed E-state index contributed by atoms with van der Waals surface area (Å²) in [5, 5.41) is 3.09. The molecule has 1 aromatic heterocycles. The van der Waals surface area contributed by atoms with Gasteiger partial charge in [0.05, 0.1) is 13.7 Å². The molecule has 0 bridgehead atoms. The Bertz CT molecular complexity index is 699. The first-order valence-corrected chi connectivity index (χ1v) is 8.88. The van der Waals surface area contributed by atoms with E-state index in [1.54, 1.807) is 18.4 Å². The van der Waals surface area contributed by atoms with Crippen LogP contribution in [0, 0.1) is 6.92 Å². The molecule has 3 rings (SSSR count). The first-order valence-electron chi connectivity index (χ1n) is 8.00. The number of benzene rings is 1. The van der Waals surface area contributed by atoms with Crippen molar-refractivity contribution in [3.8, 4) is 5.75 Å². The summed E-state index contributed by atoms with van der Waals surface area (Å²) in [6.07, 6.45) is 1.85. The summed E-state index contributed by atoms with van der Waals surface area (Å²) in [6.45, 7) is 6.21. The molecule has 136 valence electrons. The minimum atomic E-state index is 0. The Balaban J connectivity index is 0.00000225. The summed E-state index contributed by atoms with van der Waals surface area (Å²) in [7, 11) is 1.68. The van der Waals surface area contributed by atoms with Gasteiger partial charge in [-0.15, -0.1) is 35.3 Å². The lowest BCUT2D eigenvalue weighted by Gasteiger charge is -2.35. The monoisotopic (exact) mass is 473 g/mol. The lowest BCUT2D eigenvalue weighted by Crippen LogP contribution is -2.51. The van der Waals surface area contributed by atoms with Crippen molar-refractivity contribution in [3.05, 3.63) is 40.9 Å². The van der Waals surface area contributed by atoms with Crippen molar-refractivity contribution in [1.82, 2.24) is 9.88 Å². The van der Waals surface area contributed by atoms with Crippen molar-refractivity contribution in [1.29, 1.82) is 0 Å². The van der Waals surface area contributed by atoms with E-state index in [0.29, 0.717) is 12.5 Å². The Morgan fingerprint density at radius 3 is 2.68 bits per heavy atom. The molecular formula is C17H24IN5OS. The number of aliphatic imine (C=N–C) groups is 1. The number of aromatic nitrogens is 1. The largest absolute Gasteiger partial charge is 0.496 e. The fourth-order valence-corrected chi connectivity index (χ4v) is 3.51. The summed E-state index contributed by atoms with van der Waals surface area (Å²) in [4.78, 5) is 13.3. The molecule has 0 atom stereocenters. The molecule has 1 fully saturated rings. The first kappa shape index (κ1) is 19.8. The highest BCUT2D eigenvalue weighted by Crippen LogP contribution is 2.20. The van der Waals surface area contributed by atoms with E-state index in [2.05, 4.69) is 25.8 Å². The lowest BCUT2D eigenvalue weighted by molar-refractivity contribution is 0.380. The maximum Gasteiger partial charge on any atom is 0.191 e. The minimum Gasteiger partial charge on any atom is -0.496 e. The van der Waals surface area contributed by atoms with Crippen LogP contribution >= 0.6 is 35.3 Å². The molecule has 2 heterocycles. The van der Waals surface area contributed by atoms with Gasteiger partial charge in [-0.1, -0.05) is 12.1 Å². The molecule has 8 heteroatoms. The zero-order valence-corrected chi connectivity index (χ0v) is 17.7. The Morgan fingerprint density at radius 1 is 1.32 bits per heavy atom. The van der Waals surface area contributed by atoms with Gasteiger partial charge in [0.2, 0.25) is 0 Å². The van der Waals surface area contributed by atoms with E-state index in [-0.39, 0.29) is 24.0 Å². The zero-order valence-electron chi connectivity index (χ0n) is 14.5. The third kappa shape index (κ3) is 4.97. The normalized spacial score (nSPS) is 15.0. The molecule has 0 aliphatic carbocycles. The smallest absolute Gasteiger partial charge is 0.191 e. The molecule has 0 radical (unpaired) electrons. The number of ether oxygens (including phenoxy) is 1. The number of nitrogens with two attached hydrogens (primary N) is 1. The SMILES string of the molecule is COc1ccc(CN=C(N)N2CCN(c3nccs3)CC2)cc1C.I. The van der Waals surface area contributed by atoms with Gasteiger partial charge < -0.3 is 20.3 Å². The first-order chi connectivity index (χ1) is 11.7. The summed E-state index contributed by atoms with van der Waals surface area (Å²) in [6, 6.07) is 6.10. The van der Waals surface area contributed by atoms with Crippen LogP contribution in [-0.4, -0.2) is 49.1 Å². The average Bonchev–Trinajstić information content (AvgIpc) is 3.14. The van der Waals surface area contributed by atoms with E-state index >= 15 is 0 Å². The Hall–Kier alpha value is -1.55. The van der Waals surface area contributed by atoms with Gasteiger partial charge >= 0.3 is 0 Å². The van der Waals surface area contributed by atoms with Crippen LogP contribution in [0.3, 0.4) is 0 Å². The molecule has 1 saturated heterocycles. The number of hydrogen-bond acceptors (Lipinski definition) is 5. The molecule has 0 saturated carbocycles. The highest BCUT2D eigenvalue weighted by Gasteiger charge is 2.19. The molecule has 2 aromatic rings. The van der Waals surface area contributed by atoms with Crippen LogP contribution in [0.4, 0.5) is 5.13 Å². The van der Waals surface area contributed by atoms with E-state index in [9.17, 15) is 0 Å². The third-order valence-corrected chi connectivity index (χ3v) is 5.01. The molecule has 0 unspecified atom stereocenters. The number of methoxy groups -OCH3 is 1. The number of hydrogen-bond donors (Lipinski definition) is 1. The van der Waals surface area contributed by atoms with Crippen molar-refractivity contribution in [3.63, 3.8) is 0 Å². The predicted molar refractivity (Wildman–Crippen MR) is 114 cm³/mol. The average molecular weight is 473 g/mol. The number of anilines is 1. The van der Waals surface area contributed by atoms with Crippen LogP contribution in [0.2, 0.25) is 0 Å². The number of nitrogens with zero attached hydrogens (tertiary/aromatic N) is 4. The van der Waals surface area contributed by atoms with E-state index in [0.717, 1.165) is 48.2 Å². The zero-order chi connectivity index (χ0) is 16.9. The second-order valence-corrected chi connectivity index (χ2v) is 6.64. The van der Waals surface area contributed by atoms with Crippen molar-refractivity contribution in [2.45, 2.75) is 13.5 Å². The molecule has 6 nitrogen and oxygen atoms in total. The number of halogens is 1. The fraction of sp³-hybridized carbons (Fsp3) is 0.412. The van der Waals surface area contributed by atoms with Gasteiger partial charge in [0, 0.05) is 37.8 Å². The van der Waals surface area contributed by atoms with Crippen LogP contribution in [0.25, 0.3) is 0 Å². The standard InChI is InChI=1S/C17H23N5OS.HI/c1-13-11-14(3-4-15(13)23-2)12-20-16(18)21-6-8-22(9-7-21)17-19-5-10-24-17;/h3-5,10-11H,6-9,12H2,1-2H3,(H2,18,20);1H. The third-order valence-electron chi connectivity index (χ3n) is 4.18. The minimum absolute atomic E-state index is 0. The number of rotatable bonds is 4. The van der Waals surface area contributed by atoms with Crippen LogP contribution in [-0.2, 0) is 6.54 Å². The van der Waals surface area contributed by atoms with Crippen molar-refractivity contribution < 1.29 is 4.74 Å². The van der Waals surface area contributed by atoms with Crippen molar-refractivity contribution in [2.75, 3.05) is 38.2 Å². The van der Waals surface area contributed by atoms with E-state index in [1.165, 1.54) is 0 Å².